The van der Waals surface area contributed by atoms with E-state index in [1.165, 1.54) is 4.57 Å². The number of hydrogen-bond acceptors (Lipinski definition) is 5. The van der Waals surface area contributed by atoms with E-state index in [9.17, 15) is 4.79 Å². The third-order valence-corrected chi connectivity index (χ3v) is 2.75. The van der Waals surface area contributed by atoms with Crippen LogP contribution >= 0.6 is 24.8 Å². The van der Waals surface area contributed by atoms with Gasteiger partial charge in [0, 0.05) is 27.2 Å². The van der Waals surface area contributed by atoms with Crippen LogP contribution in [0.5, 0.6) is 0 Å². The van der Waals surface area contributed by atoms with Gasteiger partial charge in [0.2, 0.25) is 11.9 Å². The summed E-state index contributed by atoms with van der Waals surface area (Å²) < 4.78 is 1.91. The number of fused-ring (bicyclic) bond motifs is 1. The Morgan fingerprint density at radius 2 is 2.12 bits per heavy atom. The number of hydrogen-bond donors (Lipinski definition) is 1. The molecule has 0 aliphatic carbocycles. The summed E-state index contributed by atoms with van der Waals surface area (Å²) in [5.74, 6) is 0.899. The van der Waals surface area contributed by atoms with Crippen LogP contribution in [0.4, 0.5) is 11.9 Å². The summed E-state index contributed by atoms with van der Waals surface area (Å²) in [7, 11) is 3.56. The predicted molar refractivity (Wildman–Crippen MR) is 69.5 cm³/mol. The Morgan fingerprint density at radius 1 is 1.44 bits per heavy atom. The minimum absolute atomic E-state index is 0.305. The topological polar surface area (TPSA) is 54.3 Å². The number of nitrogens with zero attached hydrogens (tertiary/aromatic N) is 5. The lowest BCUT2D eigenvalue weighted by Gasteiger charge is -2.16. The van der Waals surface area contributed by atoms with Crippen molar-refractivity contribution in [1.82, 2.24) is 14.5 Å². The average Bonchev–Trinajstić information content (AvgIpc) is 2.61. The maximum atomic E-state index is 11.7. The van der Waals surface area contributed by atoms with Crippen molar-refractivity contribution in [2.24, 2.45) is 0 Å². The Bertz CT molecular complexity index is 498. The van der Waals surface area contributed by atoms with E-state index in [0.29, 0.717) is 29.3 Å². The van der Waals surface area contributed by atoms with Crippen LogP contribution in [0.2, 0.25) is 0 Å². The van der Waals surface area contributed by atoms with E-state index in [2.05, 4.69) is 22.6 Å². The second-order valence-electron chi connectivity index (χ2n) is 3.59. The minimum atomic E-state index is -0.305. The van der Waals surface area contributed by atoms with E-state index in [-0.39, 0.29) is 5.69 Å². The van der Waals surface area contributed by atoms with E-state index in [4.69, 9.17) is 12.2 Å². The number of thiocarbonyl (C=S) groups is 1. The zero-order valence-corrected chi connectivity index (χ0v) is 10.6. The van der Waals surface area contributed by atoms with Gasteiger partial charge in [0.05, 0.1) is 0 Å². The average molecular weight is 257 g/mol. The molecule has 0 fully saturated rings. The Kier molecular flexibility index (Phi) is 2.85. The molecule has 86 valence electrons. The van der Waals surface area contributed by atoms with Crippen LogP contribution in [0.3, 0.4) is 0 Å². The molecule has 1 aromatic heterocycles. The van der Waals surface area contributed by atoms with Crippen LogP contribution in [0, 0.1) is 0 Å². The van der Waals surface area contributed by atoms with E-state index in [1.54, 1.807) is 23.9 Å². The molecule has 0 amide bonds. The SMILES string of the molecule is CN(C)c1nc2n(c(=O)n1)CCN2C(=S)S. The van der Waals surface area contributed by atoms with Gasteiger partial charge >= 0.3 is 5.69 Å². The summed E-state index contributed by atoms with van der Waals surface area (Å²) >= 11 is 9.09. The van der Waals surface area contributed by atoms with E-state index in [1.807, 2.05) is 0 Å². The molecule has 0 radical (unpaired) electrons. The first-order chi connectivity index (χ1) is 7.50. The molecule has 1 aliphatic rings. The number of anilines is 2. The Labute approximate surface area is 103 Å². The van der Waals surface area contributed by atoms with Crippen LogP contribution in [0.1, 0.15) is 0 Å². The lowest BCUT2D eigenvalue weighted by Crippen LogP contribution is -2.29. The van der Waals surface area contributed by atoms with Crippen LogP contribution in [-0.4, -0.2) is 39.5 Å². The summed E-state index contributed by atoms with van der Waals surface area (Å²) in [4.78, 5) is 23.2. The molecule has 0 aromatic carbocycles. The molecule has 8 heteroatoms. The van der Waals surface area contributed by atoms with Gasteiger partial charge in [-0.05, 0) is 0 Å². The Hall–Kier alpha value is -1.15. The standard InChI is InChI=1S/C8H11N5OS2/c1-11(2)5-9-6-12(7(14)10-5)3-4-13(6)8(15)16/h3-4H2,1-2H3,(H,15,16). The third-order valence-electron chi connectivity index (χ3n) is 2.29. The number of rotatable bonds is 1. The van der Waals surface area contributed by atoms with Gasteiger partial charge in [-0.3, -0.25) is 9.47 Å². The number of thiol groups is 1. The lowest BCUT2D eigenvalue weighted by molar-refractivity contribution is 0.722. The maximum absolute atomic E-state index is 11.7. The van der Waals surface area contributed by atoms with Crippen molar-refractivity contribution in [2.45, 2.75) is 6.54 Å². The predicted octanol–water partition coefficient (Wildman–Crippen LogP) is -0.261. The van der Waals surface area contributed by atoms with E-state index >= 15 is 0 Å². The minimum Gasteiger partial charge on any atom is -0.347 e. The normalized spacial score (nSPS) is 13.8. The van der Waals surface area contributed by atoms with Gasteiger partial charge in [0.25, 0.3) is 0 Å². The van der Waals surface area contributed by atoms with Crippen molar-refractivity contribution < 1.29 is 0 Å². The smallest absolute Gasteiger partial charge is 0.347 e. The quantitative estimate of drug-likeness (QED) is 0.552. The molecule has 0 spiro atoms. The van der Waals surface area contributed by atoms with Gasteiger partial charge in [0.1, 0.15) is 4.32 Å². The third kappa shape index (κ3) is 1.78. The highest BCUT2D eigenvalue weighted by atomic mass is 32.1. The molecule has 16 heavy (non-hydrogen) atoms. The zero-order valence-electron chi connectivity index (χ0n) is 8.91. The first kappa shape index (κ1) is 11.3. The Morgan fingerprint density at radius 3 is 2.69 bits per heavy atom. The lowest BCUT2D eigenvalue weighted by atomic mass is 10.6. The fourth-order valence-electron chi connectivity index (χ4n) is 1.49. The largest absolute Gasteiger partial charge is 0.353 e. The molecule has 0 unspecified atom stereocenters. The van der Waals surface area contributed by atoms with Crippen LogP contribution < -0.4 is 15.5 Å². The first-order valence-electron chi connectivity index (χ1n) is 4.67. The van der Waals surface area contributed by atoms with Crippen molar-refractivity contribution in [3.8, 4) is 0 Å². The summed E-state index contributed by atoms with van der Waals surface area (Å²) in [5, 5.41) is 0. The Balaban J connectivity index is 2.57. The van der Waals surface area contributed by atoms with Crippen LogP contribution in [0.15, 0.2) is 4.79 Å². The van der Waals surface area contributed by atoms with Crippen LogP contribution in [0.25, 0.3) is 0 Å². The number of aromatic nitrogens is 3. The molecule has 0 bridgehead atoms. The molecule has 6 nitrogen and oxygen atoms in total. The van der Waals surface area contributed by atoms with E-state index < -0.39 is 0 Å². The van der Waals surface area contributed by atoms with Gasteiger partial charge in [-0.2, -0.15) is 9.97 Å². The fraction of sp³-hybridized carbons (Fsp3) is 0.500. The van der Waals surface area contributed by atoms with E-state index in [0.717, 1.165) is 0 Å². The first-order valence-corrected chi connectivity index (χ1v) is 5.53. The maximum Gasteiger partial charge on any atom is 0.353 e. The highest BCUT2D eigenvalue weighted by Gasteiger charge is 2.25. The zero-order chi connectivity index (χ0) is 11.9. The van der Waals surface area contributed by atoms with Crippen molar-refractivity contribution in [3.05, 3.63) is 10.5 Å². The summed E-state index contributed by atoms with van der Waals surface area (Å²) in [5.41, 5.74) is -0.305. The summed E-state index contributed by atoms with van der Waals surface area (Å²) in [6.07, 6.45) is 0. The molecule has 0 atom stereocenters. The van der Waals surface area contributed by atoms with Crippen molar-refractivity contribution in [3.63, 3.8) is 0 Å². The summed E-state index contributed by atoms with van der Waals surface area (Å²) in [6.45, 7) is 1.16. The molecular weight excluding hydrogens is 246 g/mol. The van der Waals surface area contributed by atoms with Gasteiger partial charge in [-0.1, -0.05) is 12.2 Å². The molecule has 1 aromatic rings. The second kappa shape index (κ2) is 4.02. The summed E-state index contributed by atoms with van der Waals surface area (Å²) in [6, 6.07) is 0. The van der Waals surface area contributed by atoms with Crippen molar-refractivity contribution >= 4 is 41.1 Å². The molecule has 0 saturated heterocycles. The molecule has 0 N–H and O–H groups in total. The molecular formula is C8H11N5OS2. The molecule has 2 heterocycles. The van der Waals surface area contributed by atoms with Gasteiger partial charge in [-0.15, -0.1) is 12.6 Å². The van der Waals surface area contributed by atoms with Crippen LogP contribution in [-0.2, 0) is 6.54 Å². The van der Waals surface area contributed by atoms with Gasteiger partial charge < -0.3 is 4.90 Å². The van der Waals surface area contributed by atoms with Crippen molar-refractivity contribution in [1.29, 1.82) is 0 Å². The highest BCUT2D eigenvalue weighted by molar-refractivity contribution is 8.11. The van der Waals surface area contributed by atoms with Gasteiger partial charge in [-0.25, -0.2) is 4.79 Å². The molecule has 2 rings (SSSR count). The monoisotopic (exact) mass is 257 g/mol. The molecule has 1 aliphatic heterocycles. The van der Waals surface area contributed by atoms with Crippen molar-refractivity contribution in [2.75, 3.05) is 30.4 Å². The van der Waals surface area contributed by atoms with Gasteiger partial charge in [0.15, 0.2) is 0 Å². The fourth-order valence-corrected chi connectivity index (χ4v) is 1.85. The highest BCUT2D eigenvalue weighted by Crippen LogP contribution is 2.19. The second-order valence-corrected chi connectivity index (χ2v) is 4.70. The molecule has 0 saturated carbocycles.